The molecular formula is C9H10F3N3O3. The number of nitrogens with two attached hydrogens (primary N) is 2. The van der Waals surface area contributed by atoms with E-state index in [0.717, 1.165) is 0 Å². The Bertz CT molecular complexity index is 435. The van der Waals surface area contributed by atoms with Crippen molar-refractivity contribution in [3.63, 3.8) is 0 Å². The summed E-state index contributed by atoms with van der Waals surface area (Å²) < 4.78 is 31.7. The Labute approximate surface area is 99.3 Å². The van der Waals surface area contributed by atoms with Gasteiger partial charge in [-0.05, 0) is 18.2 Å². The average Bonchev–Trinajstić information content (AvgIpc) is 2.28. The Kier molecular flexibility index (Phi) is 5.63. The average molecular weight is 265 g/mol. The summed E-state index contributed by atoms with van der Waals surface area (Å²) >= 11 is 0. The summed E-state index contributed by atoms with van der Waals surface area (Å²) in [4.78, 5) is 19.5. The summed E-state index contributed by atoms with van der Waals surface area (Å²) in [5.74, 6) is 1.90. The number of primary amides is 1. The number of carbonyl (C=O) groups is 2. The summed E-state index contributed by atoms with van der Waals surface area (Å²) in [6, 6.07) is 6.66. The highest BCUT2D eigenvalue weighted by molar-refractivity contribution is 5.93. The number of alkyl halides is 3. The van der Waals surface area contributed by atoms with E-state index in [1.165, 1.54) is 0 Å². The normalized spacial score (nSPS) is 10.0. The molecule has 0 unspecified atom stereocenters. The number of amides is 1. The maximum atomic E-state index is 10.6. The van der Waals surface area contributed by atoms with Crippen LogP contribution in [0.2, 0.25) is 0 Å². The fourth-order valence-corrected chi connectivity index (χ4v) is 0.762. The molecule has 1 amide bonds. The molecule has 9 heteroatoms. The highest BCUT2D eigenvalue weighted by Crippen LogP contribution is 2.13. The van der Waals surface area contributed by atoms with E-state index in [1.807, 2.05) is 0 Å². The summed E-state index contributed by atoms with van der Waals surface area (Å²) in [7, 11) is 0. The third-order valence-corrected chi connectivity index (χ3v) is 1.56. The molecule has 1 aromatic carbocycles. The van der Waals surface area contributed by atoms with E-state index in [4.69, 9.17) is 21.5 Å². The van der Waals surface area contributed by atoms with Crippen LogP contribution in [-0.2, 0) is 4.79 Å². The monoisotopic (exact) mass is 265 g/mol. The Balaban J connectivity index is 0.000000360. The van der Waals surface area contributed by atoms with Crippen molar-refractivity contribution in [2.75, 3.05) is 5.43 Å². The Morgan fingerprint density at radius 2 is 1.78 bits per heavy atom. The molecule has 6 N–H and O–H groups in total. The van der Waals surface area contributed by atoms with E-state index in [-0.39, 0.29) is 0 Å². The van der Waals surface area contributed by atoms with Crippen molar-refractivity contribution in [2.45, 2.75) is 6.18 Å². The quantitative estimate of drug-likeness (QED) is 0.463. The van der Waals surface area contributed by atoms with Crippen LogP contribution in [0.25, 0.3) is 0 Å². The SMILES string of the molecule is NNc1cccc(C(N)=O)c1.O=C(O)C(F)(F)F. The number of carbonyl (C=O) groups excluding carboxylic acids is 1. The van der Waals surface area contributed by atoms with Crippen LogP contribution < -0.4 is 17.0 Å². The minimum absolute atomic E-state index is 0.445. The van der Waals surface area contributed by atoms with Gasteiger partial charge in [-0.25, -0.2) is 4.79 Å². The molecule has 6 nitrogen and oxygen atoms in total. The number of carboxylic acid groups (broad SMARTS) is 1. The minimum Gasteiger partial charge on any atom is -0.475 e. The van der Waals surface area contributed by atoms with Crippen molar-refractivity contribution in [2.24, 2.45) is 11.6 Å². The molecule has 18 heavy (non-hydrogen) atoms. The Hall–Kier alpha value is -2.29. The number of hydrogen-bond acceptors (Lipinski definition) is 4. The van der Waals surface area contributed by atoms with Gasteiger partial charge in [0.2, 0.25) is 5.91 Å². The number of halogens is 3. The smallest absolute Gasteiger partial charge is 0.475 e. The van der Waals surface area contributed by atoms with Gasteiger partial charge in [0.05, 0.1) is 0 Å². The number of anilines is 1. The van der Waals surface area contributed by atoms with Crippen molar-refractivity contribution in [1.29, 1.82) is 0 Å². The van der Waals surface area contributed by atoms with Gasteiger partial charge in [0.1, 0.15) is 0 Å². The molecule has 0 heterocycles. The van der Waals surface area contributed by atoms with Crippen LogP contribution in [0.5, 0.6) is 0 Å². The highest BCUT2D eigenvalue weighted by atomic mass is 19.4. The molecule has 1 aromatic rings. The van der Waals surface area contributed by atoms with Crippen LogP contribution in [0, 0.1) is 0 Å². The maximum absolute atomic E-state index is 10.6. The number of hydrogen-bond donors (Lipinski definition) is 4. The molecule has 0 bridgehead atoms. The van der Waals surface area contributed by atoms with Crippen LogP contribution in [0.3, 0.4) is 0 Å². The van der Waals surface area contributed by atoms with Gasteiger partial charge < -0.3 is 16.3 Å². The summed E-state index contributed by atoms with van der Waals surface area (Å²) in [5.41, 5.74) is 8.56. The van der Waals surface area contributed by atoms with E-state index in [0.29, 0.717) is 11.3 Å². The lowest BCUT2D eigenvalue weighted by Gasteiger charge is -1.99. The second kappa shape index (κ2) is 6.45. The van der Waals surface area contributed by atoms with Gasteiger partial charge in [-0.15, -0.1) is 0 Å². The van der Waals surface area contributed by atoms with E-state index < -0.39 is 18.1 Å². The van der Waals surface area contributed by atoms with E-state index in [1.54, 1.807) is 24.3 Å². The molecule has 0 aliphatic heterocycles. The van der Waals surface area contributed by atoms with Crippen molar-refractivity contribution >= 4 is 17.6 Å². The van der Waals surface area contributed by atoms with Gasteiger partial charge in [-0.1, -0.05) is 6.07 Å². The molecule has 0 fully saturated rings. The molecule has 0 aromatic heterocycles. The number of nitrogens with one attached hydrogen (secondary N) is 1. The minimum atomic E-state index is -5.08. The zero-order valence-electron chi connectivity index (χ0n) is 8.86. The first-order chi connectivity index (χ1) is 8.18. The summed E-state index contributed by atoms with van der Waals surface area (Å²) in [6.45, 7) is 0. The fourth-order valence-electron chi connectivity index (χ4n) is 0.762. The Morgan fingerprint density at radius 1 is 1.28 bits per heavy atom. The molecule has 0 aliphatic rings. The second-order valence-corrected chi connectivity index (χ2v) is 2.89. The zero-order valence-corrected chi connectivity index (χ0v) is 8.86. The maximum Gasteiger partial charge on any atom is 0.490 e. The van der Waals surface area contributed by atoms with Crippen LogP contribution in [0.4, 0.5) is 18.9 Å². The molecule has 0 atom stereocenters. The van der Waals surface area contributed by atoms with Gasteiger partial charge in [0, 0.05) is 11.3 Å². The molecule has 100 valence electrons. The van der Waals surface area contributed by atoms with Gasteiger partial charge in [0.25, 0.3) is 0 Å². The molecular weight excluding hydrogens is 255 g/mol. The van der Waals surface area contributed by atoms with Gasteiger partial charge >= 0.3 is 12.1 Å². The van der Waals surface area contributed by atoms with Gasteiger partial charge in [-0.3, -0.25) is 10.6 Å². The standard InChI is InChI=1S/C7H9N3O.C2HF3O2/c8-7(11)5-2-1-3-6(4-5)10-9;3-2(4,5)1(6)7/h1-4,10H,9H2,(H2,8,11);(H,6,7). The topological polar surface area (TPSA) is 118 Å². The second-order valence-electron chi connectivity index (χ2n) is 2.89. The molecule has 0 spiro atoms. The van der Waals surface area contributed by atoms with E-state index in [2.05, 4.69) is 5.43 Å². The first kappa shape index (κ1) is 15.7. The number of carboxylic acids is 1. The van der Waals surface area contributed by atoms with Crippen molar-refractivity contribution in [3.05, 3.63) is 29.8 Å². The largest absolute Gasteiger partial charge is 0.490 e. The third-order valence-electron chi connectivity index (χ3n) is 1.56. The number of hydrazine groups is 1. The van der Waals surface area contributed by atoms with Crippen molar-refractivity contribution in [3.8, 4) is 0 Å². The van der Waals surface area contributed by atoms with E-state index in [9.17, 15) is 18.0 Å². The summed E-state index contributed by atoms with van der Waals surface area (Å²) in [6.07, 6.45) is -5.08. The zero-order chi connectivity index (χ0) is 14.3. The molecule has 0 radical (unpaired) electrons. The molecule has 0 saturated heterocycles. The van der Waals surface area contributed by atoms with Crippen LogP contribution in [-0.4, -0.2) is 23.2 Å². The lowest BCUT2D eigenvalue weighted by atomic mass is 10.2. The first-order valence-electron chi connectivity index (χ1n) is 4.35. The van der Waals surface area contributed by atoms with Gasteiger partial charge in [0.15, 0.2) is 0 Å². The lowest BCUT2D eigenvalue weighted by molar-refractivity contribution is -0.192. The number of rotatable bonds is 2. The Morgan fingerprint density at radius 3 is 2.11 bits per heavy atom. The van der Waals surface area contributed by atoms with Crippen molar-refractivity contribution in [1.82, 2.24) is 0 Å². The molecule has 0 aliphatic carbocycles. The van der Waals surface area contributed by atoms with Crippen LogP contribution >= 0.6 is 0 Å². The third kappa shape index (κ3) is 5.70. The molecule has 0 saturated carbocycles. The predicted octanol–water partition coefficient (Wildman–Crippen LogP) is 0.704. The predicted molar refractivity (Wildman–Crippen MR) is 56.5 cm³/mol. The van der Waals surface area contributed by atoms with Crippen LogP contribution in [0.15, 0.2) is 24.3 Å². The summed E-state index contributed by atoms with van der Waals surface area (Å²) in [5, 5.41) is 7.12. The number of aliphatic carboxylic acids is 1. The number of nitrogen functional groups attached to an aromatic ring is 1. The fraction of sp³-hybridized carbons (Fsp3) is 0.111. The van der Waals surface area contributed by atoms with Gasteiger partial charge in [-0.2, -0.15) is 13.2 Å². The van der Waals surface area contributed by atoms with Crippen molar-refractivity contribution < 1.29 is 27.9 Å². The lowest BCUT2D eigenvalue weighted by Crippen LogP contribution is -2.21. The van der Waals surface area contributed by atoms with Crippen LogP contribution in [0.1, 0.15) is 10.4 Å². The highest BCUT2D eigenvalue weighted by Gasteiger charge is 2.38. The van der Waals surface area contributed by atoms with E-state index >= 15 is 0 Å². The number of benzene rings is 1. The first-order valence-corrected chi connectivity index (χ1v) is 4.35. The molecule has 1 rings (SSSR count).